The summed E-state index contributed by atoms with van der Waals surface area (Å²) in [4.78, 5) is 12.0. The van der Waals surface area contributed by atoms with E-state index < -0.39 is 5.41 Å². The van der Waals surface area contributed by atoms with E-state index in [2.05, 4.69) is 10.5 Å². The SMILES string of the molecule is Cc1ccc(NC(=O)C(C)(C)C(N)=NO)cc1C. The number of hydrogen-bond acceptors (Lipinski definition) is 3. The summed E-state index contributed by atoms with van der Waals surface area (Å²) in [5.74, 6) is -0.440. The molecule has 0 aliphatic rings. The van der Waals surface area contributed by atoms with E-state index >= 15 is 0 Å². The molecule has 5 heteroatoms. The molecule has 4 N–H and O–H groups in total. The molecular formula is C13H19N3O2. The molecule has 0 aromatic heterocycles. The minimum Gasteiger partial charge on any atom is -0.409 e. The summed E-state index contributed by atoms with van der Waals surface area (Å²) in [6.07, 6.45) is 0. The Labute approximate surface area is 107 Å². The van der Waals surface area contributed by atoms with Crippen molar-refractivity contribution in [2.45, 2.75) is 27.7 Å². The second-order valence-electron chi connectivity index (χ2n) is 4.86. The quantitative estimate of drug-likeness (QED) is 0.331. The van der Waals surface area contributed by atoms with Crippen molar-refractivity contribution in [1.82, 2.24) is 0 Å². The van der Waals surface area contributed by atoms with Crippen molar-refractivity contribution in [3.05, 3.63) is 29.3 Å². The van der Waals surface area contributed by atoms with Crippen molar-refractivity contribution in [2.75, 3.05) is 5.32 Å². The van der Waals surface area contributed by atoms with E-state index in [0.717, 1.165) is 11.1 Å². The highest BCUT2D eigenvalue weighted by Crippen LogP contribution is 2.20. The molecule has 1 aromatic carbocycles. The van der Waals surface area contributed by atoms with Gasteiger partial charge in [-0.15, -0.1) is 0 Å². The largest absolute Gasteiger partial charge is 0.409 e. The molecule has 0 atom stereocenters. The lowest BCUT2D eigenvalue weighted by Gasteiger charge is -2.22. The Balaban J connectivity index is 2.91. The first-order chi connectivity index (χ1) is 8.28. The zero-order valence-electron chi connectivity index (χ0n) is 11.1. The number of amidine groups is 1. The van der Waals surface area contributed by atoms with E-state index in [-0.39, 0.29) is 11.7 Å². The van der Waals surface area contributed by atoms with Gasteiger partial charge >= 0.3 is 0 Å². The van der Waals surface area contributed by atoms with Gasteiger partial charge in [0.1, 0.15) is 5.41 Å². The number of nitrogens with zero attached hydrogens (tertiary/aromatic N) is 1. The van der Waals surface area contributed by atoms with Crippen molar-refractivity contribution >= 4 is 17.4 Å². The fraction of sp³-hybridized carbons (Fsp3) is 0.385. The molecule has 18 heavy (non-hydrogen) atoms. The molecule has 0 radical (unpaired) electrons. The van der Waals surface area contributed by atoms with Crippen LogP contribution in [0.2, 0.25) is 0 Å². The minimum atomic E-state index is -1.06. The van der Waals surface area contributed by atoms with Crippen molar-refractivity contribution in [1.29, 1.82) is 0 Å². The zero-order valence-corrected chi connectivity index (χ0v) is 11.1. The number of rotatable bonds is 3. The monoisotopic (exact) mass is 249 g/mol. The number of benzene rings is 1. The maximum Gasteiger partial charge on any atom is 0.237 e. The lowest BCUT2D eigenvalue weighted by atomic mass is 9.91. The number of oxime groups is 1. The Morgan fingerprint density at radius 2 is 1.94 bits per heavy atom. The van der Waals surface area contributed by atoms with Gasteiger partial charge in [-0.25, -0.2) is 0 Å². The summed E-state index contributed by atoms with van der Waals surface area (Å²) in [5, 5.41) is 14.3. The first kappa shape index (κ1) is 14.0. The third-order valence-corrected chi connectivity index (χ3v) is 3.08. The molecule has 98 valence electrons. The van der Waals surface area contributed by atoms with Crippen LogP contribution in [0.1, 0.15) is 25.0 Å². The van der Waals surface area contributed by atoms with Crippen molar-refractivity contribution in [3.63, 3.8) is 0 Å². The summed E-state index contributed by atoms with van der Waals surface area (Å²) >= 11 is 0. The van der Waals surface area contributed by atoms with Gasteiger partial charge in [0.15, 0.2) is 5.84 Å². The van der Waals surface area contributed by atoms with Gasteiger partial charge in [-0.2, -0.15) is 0 Å². The number of aryl methyl sites for hydroxylation is 2. The van der Waals surface area contributed by atoms with Crippen molar-refractivity contribution in [3.8, 4) is 0 Å². The first-order valence-electron chi connectivity index (χ1n) is 5.65. The molecule has 0 saturated carbocycles. The molecule has 0 spiro atoms. The summed E-state index contributed by atoms with van der Waals surface area (Å²) in [6, 6.07) is 5.64. The van der Waals surface area contributed by atoms with Crippen LogP contribution in [0.25, 0.3) is 0 Å². The number of anilines is 1. The second-order valence-corrected chi connectivity index (χ2v) is 4.86. The van der Waals surface area contributed by atoms with Gasteiger partial charge in [-0.1, -0.05) is 11.2 Å². The highest BCUT2D eigenvalue weighted by molar-refractivity contribution is 6.11. The summed E-state index contributed by atoms with van der Waals surface area (Å²) in [5.41, 5.74) is 7.38. The van der Waals surface area contributed by atoms with Crippen LogP contribution < -0.4 is 11.1 Å². The van der Waals surface area contributed by atoms with E-state index in [0.29, 0.717) is 5.69 Å². The van der Waals surface area contributed by atoms with Crippen LogP contribution in [0, 0.1) is 19.3 Å². The molecule has 1 rings (SSSR count). The maximum absolute atomic E-state index is 12.0. The Bertz CT molecular complexity index is 493. The predicted octanol–water partition coefficient (Wildman–Crippen LogP) is 2.01. The Kier molecular flexibility index (Phi) is 3.96. The van der Waals surface area contributed by atoms with Crippen LogP contribution in [0.15, 0.2) is 23.4 Å². The van der Waals surface area contributed by atoms with Gasteiger partial charge in [0.05, 0.1) is 0 Å². The number of hydrogen-bond donors (Lipinski definition) is 3. The second kappa shape index (κ2) is 5.08. The third-order valence-electron chi connectivity index (χ3n) is 3.08. The fourth-order valence-electron chi connectivity index (χ4n) is 1.35. The van der Waals surface area contributed by atoms with E-state index in [1.807, 2.05) is 32.0 Å². The summed E-state index contributed by atoms with van der Waals surface area (Å²) in [6.45, 7) is 7.16. The summed E-state index contributed by atoms with van der Waals surface area (Å²) < 4.78 is 0. The molecule has 0 unspecified atom stereocenters. The predicted molar refractivity (Wildman–Crippen MR) is 71.7 cm³/mol. The van der Waals surface area contributed by atoms with E-state index in [1.54, 1.807) is 13.8 Å². The maximum atomic E-state index is 12.0. The van der Waals surface area contributed by atoms with Gasteiger partial charge in [0.25, 0.3) is 0 Å². The highest BCUT2D eigenvalue weighted by Gasteiger charge is 2.32. The molecule has 1 aromatic rings. The normalized spacial score (nSPS) is 12.3. The van der Waals surface area contributed by atoms with E-state index in [1.165, 1.54) is 0 Å². The van der Waals surface area contributed by atoms with Crippen LogP contribution >= 0.6 is 0 Å². The van der Waals surface area contributed by atoms with Gasteiger partial charge in [-0.05, 0) is 51.0 Å². The number of carbonyl (C=O) groups excluding carboxylic acids is 1. The van der Waals surface area contributed by atoms with Crippen LogP contribution in [-0.2, 0) is 4.79 Å². The number of carbonyl (C=O) groups is 1. The first-order valence-corrected chi connectivity index (χ1v) is 5.65. The molecule has 0 saturated heterocycles. The third kappa shape index (κ3) is 2.80. The topological polar surface area (TPSA) is 87.7 Å². The molecule has 1 amide bonds. The average molecular weight is 249 g/mol. The minimum absolute atomic E-state index is 0.121. The fourth-order valence-corrected chi connectivity index (χ4v) is 1.35. The highest BCUT2D eigenvalue weighted by atomic mass is 16.4. The van der Waals surface area contributed by atoms with E-state index in [4.69, 9.17) is 10.9 Å². The standard InChI is InChI=1S/C13H19N3O2/c1-8-5-6-10(7-9(8)2)15-12(17)13(3,4)11(14)16-18/h5-7,18H,1-4H3,(H2,14,16)(H,15,17). The Morgan fingerprint density at radius 3 is 2.44 bits per heavy atom. The van der Waals surface area contributed by atoms with Gasteiger partial charge in [0.2, 0.25) is 5.91 Å². The van der Waals surface area contributed by atoms with Gasteiger partial charge in [-0.3, -0.25) is 4.79 Å². The zero-order chi connectivity index (χ0) is 13.9. The molecule has 0 fully saturated rings. The Hall–Kier alpha value is -2.04. The molecule has 0 bridgehead atoms. The number of nitrogens with two attached hydrogens (primary N) is 1. The molecule has 0 aliphatic carbocycles. The smallest absolute Gasteiger partial charge is 0.237 e. The molecule has 0 heterocycles. The van der Waals surface area contributed by atoms with Crippen molar-refractivity contribution in [2.24, 2.45) is 16.3 Å². The molecule has 5 nitrogen and oxygen atoms in total. The lowest BCUT2D eigenvalue weighted by molar-refractivity contribution is -0.121. The van der Waals surface area contributed by atoms with Gasteiger partial charge < -0.3 is 16.3 Å². The van der Waals surface area contributed by atoms with Crippen LogP contribution in [-0.4, -0.2) is 17.0 Å². The van der Waals surface area contributed by atoms with Crippen LogP contribution in [0.3, 0.4) is 0 Å². The average Bonchev–Trinajstić information content (AvgIpc) is 2.32. The number of nitrogens with one attached hydrogen (secondary N) is 1. The Morgan fingerprint density at radius 1 is 1.33 bits per heavy atom. The van der Waals surface area contributed by atoms with E-state index in [9.17, 15) is 4.79 Å². The number of amides is 1. The van der Waals surface area contributed by atoms with Gasteiger partial charge in [0, 0.05) is 5.69 Å². The van der Waals surface area contributed by atoms with Crippen LogP contribution in [0.4, 0.5) is 5.69 Å². The van der Waals surface area contributed by atoms with Crippen LogP contribution in [0.5, 0.6) is 0 Å². The molecule has 0 aliphatic heterocycles. The van der Waals surface area contributed by atoms with Crippen molar-refractivity contribution < 1.29 is 10.0 Å². The molecular weight excluding hydrogens is 230 g/mol. The lowest BCUT2D eigenvalue weighted by Crippen LogP contribution is -2.42. The summed E-state index contributed by atoms with van der Waals surface area (Å²) in [7, 11) is 0.